The van der Waals surface area contributed by atoms with E-state index in [4.69, 9.17) is 112 Å². The monoisotopic (exact) mass is 1780 g/mol. The van der Waals surface area contributed by atoms with Gasteiger partial charge in [0.2, 0.25) is 0 Å². The van der Waals surface area contributed by atoms with Gasteiger partial charge in [0.1, 0.15) is 0 Å². The van der Waals surface area contributed by atoms with Gasteiger partial charge in [-0.15, -0.1) is 0 Å². The number of hydrogen-bond donors (Lipinski definition) is 0. The van der Waals surface area contributed by atoms with E-state index in [0.29, 0.717) is 44.5 Å². The molecule has 0 fully saturated rings. The Morgan fingerprint density at radius 3 is 0.460 bits per heavy atom. The van der Waals surface area contributed by atoms with E-state index in [1.54, 1.807) is 159 Å². The predicted molar refractivity (Wildman–Crippen MR) is 430 cm³/mol. The zero-order valence-electron chi connectivity index (χ0n) is 67.2. The number of hydrogen-bond acceptors (Lipinski definition) is 30. The van der Waals surface area contributed by atoms with Gasteiger partial charge in [0.25, 0.3) is 0 Å². The number of nitrogens with zero attached hydrogens (tertiary/aromatic N) is 8. The molecule has 113 heavy (non-hydrogen) atoms. The topological polar surface area (TPSA) is 390 Å². The quantitative estimate of drug-likeness (QED) is 0.0252. The second-order valence-corrected chi connectivity index (χ2v) is 41.4. The molecule has 0 saturated heterocycles. The number of aromatic nitrogens is 8. The normalized spacial score (nSPS) is 13.2. The molecule has 0 saturated carbocycles. The molecular formula is C72H104N8O24P8Zn. The van der Waals surface area contributed by atoms with Gasteiger partial charge < -0.3 is 102 Å². The second kappa shape index (κ2) is 41.8. The third kappa shape index (κ3) is 23.4. The van der Waals surface area contributed by atoms with Gasteiger partial charge in [-0.1, -0.05) is 0 Å². The summed E-state index contributed by atoms with van der Waals surface area (Å²) in [4.78, 5) is 42.3. The van der Waals surface area contributed by atoms with Crippen LogP contribution in [0.1, 0.15) is 155 Å². The standard InChI is InChI=1S/C72H104N8O24P8.Zn/c1-17-89-105(81,90-18-2)41-49-33-57-58(34-50(49)42-106(82,91-19-3)92-20-4)66-73-65(57)77-67-59-35-51(43-107(83,93-21-5)94-22-6)52(44-108(84,95-23-7)96-24-8)36-60(59)69(74-67)79-71-63-39-55(47-111(87,101-29-13)102-30-14)56(48-112(88,103-31-15)104-32-16)40-64(63)72(76-71)80-70-62-38-54(46-110(86,99-27-11)100-28-12)53(37-61(62)68(75-70)78-66)45-109(85,97-25-9)98-26-10;/h33-40H,17-32,41-48H2,1-16H3;/q-2;+2. The maximum atomic E-state index is 15.0. The maximum absolute atomic E-state index is 15.0. The predicted octanol–water partition coefficient (Wildman–Crippen LogP) is 20.3. The molecule has 32 nitrogen and oxygen atoms in total. The van der Waals surface area contributed by atoms with Crippen molar-refractivity contribution >= 4 is 105 Å². The van der Waals surface area contributed by atoms with Gasteiger partial charge in [0.05, 0.1) is 178 Å². The van der Waals surface area contributed by atoms with Crippen molar-refractivity contribution in [1.82, 2.24) is 39.9 Å². The van der Waals surface area contributed by atoms with Crippen LogP contribution in [0.3, 0.4) is 0 Å². The molecule has 0 atom stereocenters. The van der Waals surface area contributed by atoms with Crippen molar-refractivity contribution in [2.24, 2.45) is 0 Å². The van der Waals surface area contributed by atoms with E-state index in [-0.39, 0.29) is 264 Å². The Bertz CT molecular complexity index is 4420. The molecule has 2 aliphatic heterocycles. The molecule has 9 rings (SSSR count). The van der Waals surface area contributed by atoms with E-state index in [9.17, 15) is 36.5 Å². The van der Waals surface area contributed by atoms with E-state index < -0.39 is 60.8 Å². The summed E-state index contributed by atoms with van der Waals surface area (Å²) in [5.74, 6) is -0.172. The van der Waals surface area contributed by atoms with Gasteiger partial charge in [0.15, 0.2) is 0 Å². The minimum absolute atomic E-state index is 0. The largest absolute Gasteiger partial charge is 2.00 e. The molecule has 0 spiro atoms. The van der Waals surface area contributed by atoms with Crippen LogP contribution in [-0.4, -0.2) is 136 Å². The molecule has 0 radical (unpaired) electrons. The van der Waals surface area contributed by atoms with E-state index in [2.05, 4.69) is 0 Å². The third-order valence-electron chi connectivity index (χ3n) is 17.1. The minimum atomic E-state index is -4.02. The molecule has 7 aromatic rings. The van der Waals surface area contributed by atoms with Crippen LogP contribution >= 0.6 is 60.8 Å². The van der Waals surface area contributed by atoms with Crippen molar-refractivity contribution in [2.75, 3.05) is 106 Å². The molecule has 618 valence electrons. The van der Waals surface area contributed by atoms with Crippen LogP contribution in [0.5, 0.6) is 0 Å². The smallest absolute Gasteiger partial charge is 0.357 e. The first-order valence-corrected chi connectivity index (χ1v) is 51.7. The van der Waals surface area contributed by atoms with Crippen molar-refractivity contribution in [2.45, 2.75) is 160 Å². The van der Waals surface area contributed by atoms with E-state index in [1.807, 2.05) is 0 Å². The van der Waals surface area contributed by atoms with Gasteiger partial charge in [-0.2, -0.15) is 0 Å². The van der Waals surface area contributed by atoms with Crippen LogP contribution in [-0.2, 0) is 178 Å². The zero-order valence-corrected chi connectivity index (χ0v) is 77.4. The first-order valence-electron chi connectivity index (χ1n) is 37.9. The van der Waals surface area contributed by atoms with E-state index in [1.165, 1.54) is 0 Å². The molecule has 0 amide bonds. The van der Waals surface area contributed by atoms with Crippen molar-refractivity contribution < 1.29 is 128 Å². The second-order valence-electron chi connectivity index (χ2n) is 25.0. The molecular weight excluding hydrogens is 1670 g/mol. The Labute approximate surface area is 673 Å². The van der Waals surface area contributed by atoms with Gasteiger partial charge in [-0.3, -0.25) is 36.5 Å². The first-order chi connectivity index (χ1) is 53.5. The fourth-order valence-electron chi connectivity index (χ4n) is 13.2. The molecule has 5 heterocycles. The van der Waals surface area contributed by atoms with E-state index >= 15 is 0 Å². The molecule has 0 unspecified atom stereocenters. The van der Waals surface area contributed by atoms with Crippen LogP contribution in [0.2, 0.25) is 0 Å². The van der Waals surface area contributed by atoms with E-state index in [0.717, 1.165) is 0 Å². The molecule has 8 bridgehead atoms. The zero-order chi connectivity index (χ0) is 81.5. The molecule has 0 N–H and O–H groups in total. The van der Waals surface area contributed by atoms with Crippen molar-refractivity contribution in [3.05, 3.63) is 93.0 Å². The molecule has 0 aliphatic carbocycles. The van der Waals surface area contributed by atoms with Crippen molar-refractivity contribution in [3.8, 4) is 45.6 Å². The fraction of sp³-hybridized carbons (Fsp3) is 0.556. The summed E-state index contributed by atoms with van der Waals surface area (Å²) in [7, 11) is -32.2. The summed E-state index contributed by atoms with van der Waals surface area (Å²) in [6.07, 6.45) is -2.84. The van der Waals surface area contributed by atoms with Gasteiger partial charge in [0, 0.05) is 44.8 Å². The van der Waals surface area contributed by atoms with Gasteiger partial charge >= 0.3 is 80.2 Å². The Morgan fingerprint density at radius 1 is 0.212 bits per heavy atom. The van der Waals surface area contributed by atoms with Crippen LogP contribution < -0.4 is 9.97 Å². The van der Waals surface area contributed by atoms with Crippen molar-refractivity contribution in [3.63, 3.8) is 0 Å². The molecule has 2 aliphatic rings. The Morgan fingerprint density at radius 2 is 0.336 bits per heavy atom. The third-order valence-corrected chi connectivity index (χ3v) is 33.4. The first kappa shape index (κ1) is 94.5. The summed E-state index contributed by atoms with van der Waals surface area (Å²) >= 11 is 0. The van der Waals surface area contributed by atoms with Crippen LogP contribution in [0, 0.1) is 0 Å². The average Bonchev–Trinajstić information content (AvgIpc) is 1.58. The number of fused-ring (bicyclic) bond motifs is 20. The van der Waals surface area contributed by atoms with Crippen molar-refractivity contribution in [1.29, 1.82) is 0 Å². The molecule has 4 aromatic carbocycles. The maximum Gasteiger partial charge on any atom is 2.00 e. The minimum Gasteiger partial charge on any atom is -0.357 e. The van der Waals surface area contributed by atoms with Gasteiger partial charge in [-0.05, 0) is 225 Å². The summed E-state index contributed by atoms with van der Waals surface area (Å²) < 4.78 is 214. The fourth-order valence-corrected chi connectivity index (χ4v) is 27.3. The van der Waals surface area contributed by atoms with Crippen LogP contribution in [0.4, 0.5) is 0 Å². The number of benzene rings is 4. The Balaban J connectivity index is 0.0000160. The van der Waals surface area contributed by atoms with Gasteiger partial charge in [-0.25, -0.2) is 9.97 Å². The Kier molecular flexibility index (Phi) is 35.0. The van der Waals surface area contributed by atoms with Crippen LogP contribution in [0.15, 0.2) is 48.5 Å². The van der Waals surface area contributed by atoms with Crippen LogP contribution in [0.25, 0.3) is 89.7 Å². The summed E-state index contributed by atoms with van der Waals surface area (Å²) in [5.41, 5.74) is 3.48. The summed E-state index contributed by atoms with van der Waals surface area (Å²) in [6, 6.07) is 13.4. The number of rotatable bonds is 48. The SMILES string of the molecule is CCOP(=O)(Cc1cc2c(cc1CP(=O)(OCC)OCC)-c1nc-2nc2[n-]c(nc3nc(nc4[n-]c(n1)c1cc(CP(=O)(OCC)OCC)c(CP(=O)(OCC)OCC)cc41)-c1cc(CP(=O)(OCC)OCC)c(CP(=O)(OCC)OCC)cc1-3)c1cc(CP(=O)(OCC)OCC)c(CP(=O)(OCC)OCC)cc21)OCC.[Zn+2]. The molecule has 3 aromatic heterocycles. The molecule has 41 heteroatoms. The average molecular weight is 1780 g/mol. The summed E-state index contributed by atoms with van der Waals surface area (Å²) in [6.45, 7) is 26.9. The Hall–Kier alpha value is -3.94. The summed E-state index contributed by atoms with van der Waals surface area (Å²) in [5, 5.41) is 1.09.